The number of hydrogen-bond donors (Lipinski definition) is 1. The van der Waals surface area contributed by atoms with E-state index in [0.29, 0.717) is 18.5 Å². The van der Waals surface area contributed by atoms with Gasteiger partial charge in [-0.05, 0) is 30.2 Å². The summed E-state index contributed by atoms with van der Waals surface area (Å²) in [6.45, 7) is 0.806. The molecule has 0 aliphatic heterocycles. The lowest BCUT2D eigenvalue weighted by molar-refractivity contribution is -0.140. The maximum Gasteiger partial charge on any atom is 0.305 e. The number of rotatable bonds is 6. The lowest BCUT2D eigenvalue weighted by atomic mass is 10.1. The molecule has 2 N–H and O–H groups in total. The molecule has 0 amide bonds. The van der Waals surface area contributed by atoms with Crippen LogP contribution >= 0.6 is 0 Å². The molecule has 24 heavy (non-hydrogen) atoms. The molecule has 0 radical (unpaired) electrons. The second-order valence-electron chi connectivity index (χ2n) is 5.74. The number of carbonyl (C=O) groups excluding carboxylic acids is 1. The molecule has 0 aliphatic rings. The SMILES string of the molecule is COC(=O)CCc1nc2cc(N)ccc2n1CCc1ccccc1. The average molecular weight is 323 g/mol. The Morgan fingerprint density at radius 2 is 1.96 bits per heavy atom. The Bertz CT molecular complexity index is 840. The van der Waals surface area contributed by atoms with Gasteiger partial charge in [0, 0.05) is 18.7 Å². The Hall–Kier alpha value is -2.82. The van der Waals surface area contributed by atoms with Gasteiger partial charge in [0.2, 0.25) is 0 Å². The highest BCUT2D eigenvalue weighted by Gasteiger charge is 2.13. The van der Waals surface area contributed by atoms with Crippen molar-refractivity contribution in [3.8, 4) is 0 Å². The Kier molecular flexibility index (Phi) is 4.79. The van der Waals surface area contributed by atoms with Crippen LogP contribution in [-0.4, -0.2) is 22.6 Å². The van der Waals surface area contributed by atoms with Crippen molar-refractivity contribution >= 4 is 22.7 Å². The molecule has 3 rings (SSSR count). The Balaban J connectivity index is 1.88. The van der Waals surface area contributed by atoms with Crippen LogP contribution in [0.15, 0.2) is 48.5 Å². The number of fused-ring (bicyclic) bond motifs is 1. The topological polar surface area (TPSA) is 70.1 Å². The number of aromatic nitrogens is 2. The van der Waals surface area contributed by atoms with Gasteiger partial charge >= 0.3 is 5.97 Å². The molecule has 0 fully saturated rings. The quantitative estimate of drug-likeness (QED) is 0.559. The summed E-state index contributed by atoms with van der Waals surface area (Å²) >= 11 is 0. The van der Waals surface area contributed by atoms with Crippen LogP contribution in [0.25, 0.3) is 11.0 Å². The van der Waals surface area contributed by atoms with E-state index in [-0.39, 0.29) is 5.97 Å². The molecule has 0 saturated heterocycles. The lowest BCUT2D eigenvalue weighted by Crippen LogP contribution is -2.09. The van der Waals surface area contributed by atoms with E-state index >= 15 is 0 Å². The number of methoxy groups -OCH3 is 1. The number of hydrogen-bond acceptors (Lipinski definition) is 4. The fourth-order valence-corrected chi connectivity index (χ4v) is 2.84. The van der Waals surface area contributed by atoms with Gasteiger partial charge in [0.15, 0.2) is 0 Å². The predicted molar refractivity (Wildman–Crippen MR) is 94.6 cm³/mol. The molecule has 5 nitrogen and oxygen atoms in total. The minimum absolute atomic E-state index is 0.226. The van der Waals surface area contributed by atoms with Crippen molar-refractivity contribution in [1.82, 2.24) is 9.55 Å². The number of ether oxygens (including phenoxy) is 1. The molecular formula is C19H21N3O2. The summed E-state index contributed by atoms with van der Waals surface area (Å²) in [4.78, 5) is 16.1. The first-order valence-corrected chi connectivity index (χ1v) is 8.03. The molecule has 0 bridgehead atoms. The van der Waals surface area contributed by atoms with Gasteiger partial charge in [-0.1, -0.05) is 30.3 Å². The van der Waals surface area contributed by atoms with Crippen LogP contribution in [0.4, 0.5) is 5.69 Å². The molecule has 0 saturated carbocycles. The maximum absolute atomic E-state index is 11.5. The van der Waals surface area contributed by atoms with Crippen LogP contribution < -0.4 is 5.73 Å². The van der Waals surface area contributed by atoms with Crippen molar-refractivity contribution in [2.75, 3.05) is 12.8 Å². The molecular weight excluding hydrogens is 302 g/mol. The highest BCUT2D eigenvalue weighted by molar-refractivity contribution is 5.80. The summed E-state index contributed by atoms with van der Waals surface area (Å²) in [5, 5.41) is 0. The number of nitrogens with two attached hydrogens (primary N) is 1. The minimum Gasteiger partial charge on any atom is -0.469 e. The number of aryl methyl sites for hydroxylation is 3. The summed E-state index contributed by atoms with van der Waals surface area (Å²) in [5.74, 6) is 0.660. The summed E-state index contributed by atoms with van der Waals surface area (Å²) in [5.41, 5.74) is 9.74. The number of carbonyl (C=O) groups is 1. The third-order valence-corrected chi connectivity index (χ3v) is 4.10. The van der Waals surface area contributed by atoms with Gasteiger partial charge in [0.1, 0.15) is 5.82 Å². The number of anilines is 1. The molecule has 0 spiro atoms. The second-order valence-corrected chi connectivity index (χ2v) is 5.74. The van der Waals surface area contributed by atoms with Crippen molar-refractivity contribution in [2.24, 2.45) is 0 Å². The van der Waals surface area contributed by atoms with Crippen LogP contribution in [0.5, 0.6) is 0 Å². The van der Waals surface area contributed by atoms with Gasteiger partial charge in [0.25, 0.3) is 0 Å². The zero-order valence-electron chi connectivity index (χ0n) is 13.7. The molecule has 2 aromatic carbocycles. The highest BCUT2D eigenvalue weighted by Crippen LogP contribution is 2.21. The first-order valence-electron chi connectivity index (χ1n) is 8.03. The van der Waals surface area contributed by atoms with Gasteiger partial charge in [0.05, 0.1) is 24.6 Å². The molecule has 0 aliphatic carbocycles. The van der Waals surface area contributed by atoms with Gasteiger partial charge in [-0.3, -0.25) is 4.79 Å². The molecule has 124 valence electrons. The normalized spacial score (nSPS) is 10.9. The van der Waals surface area contributed by atoms with Crippen molar-refractivity contribution < 1.29 is 9.53 Å². The van der Waals surface area contributed by atoms with Gasteiger partial charge in [-0.15, -0.1) is 0 Å². The zero-order valence-corrected chi connectivity index (χ0v) is 13.7. The van der Waals surface area contributed by atoms with Crippen molar-refractivity contribution in [2.45, 2.75) is 25.8 Å². The van der Waals surface area contributed by atoms with Crippen molar-refractivity contribution in [1.29, 1.82) is 0 Å². The van der Waals surface area contributed by atoms with Gasteiger partial charge in [-0.25, -0.2) is 4.98 Å². The molecule has 5 heteroatoms. The smallest absolute Gasteiger partial charge is 0.305 e. The van der Waals surface area contributed by atoms with E-state index in [0.717, 1.165) is 29.8 Å². The maximum atomic E-state index is 11.5. The van der Waals surface area contributed by atoms with Crippen molar-refractivity contribution in [3.05, 3.63) is 59.9 Å². The number of esters is 1. The third-order valence-electron chi connectivity index (χ3n) is 4.10. The first kappa shape index (κ1) is 16.1. The van der Waals surface area contributed by atoms with E-state index in [2.05, 4.69) is 21.7 Å². The van der Waals surface area contributed by atoms with Crippen LogP contribution in [0.2, 0.25) is 0 Å². The van der Waals surface area contributed by atoms with Crippen LogP contribution in [0.1, 0.15) is 17.8 Å². The summed E-state index contributed by atoms with van der Waals surface area (Å²) < 4.78 is 6.91. The fourth-order valence-electron chi connectivity index (χ4n) is 2.84. The van der Waals surface area contributed by atoms with Crippen LogP contribution in [-0.2, 0) is 28.9 Å². The van der Waals surface area contributed by atoms with Crippen molar-refractivity contribution in [3.63, 3.8) is 0 Å². The fraction of sp³-hybridized carbons (Fsp3) is 0.263. The molecule has 1 heterocycles. The number of nitrogens with zero attached hydrogens (tertiary/aromatic N) is 2. The van der Waals surface area contributed by atoms with E-state index < -0.39 is 0 Å². The number of imidazole rings is 1. The summed E-state index contributed by atoms with van der Waals surface area (Å²) in [6, 6.07) is 16.1. The average Bonchev–Trinajstić information content (AvgIpc) is 2.95. The third kappa shape index (κ3) is 3.56. The monoisotopic (exact) mass is 323 g/mol. The molecule has 1 aromatic heterocycles. The highest BCUT2D eigenvalue weighted by atomic mass is 16.5. The molecule has 0 unspecified atom stereocenters. The Labute approximate surface area is 141 Å². The standard InChI is InChI=1S/C19H21N3O2/c1-24-19(23)10-9-18-21-16-13-15(20)7-8-17(16)22(18)12-11-14-5-3-2-4-6-14/h2-8,13H,9-12,20H2,1H3. The van der Waals surface area contributed by atoms with Crippen LogP contribution in [0.3, 0.4) is 0 Å². The summed E-state index contributed by atoms with van der Waals surface area (Å²) in [6.07, 6.45) is 1.78. The van der Waals surface area contributed by atoms with Gasteiger partial charge < -0.3 is 15.0 Å². The molecule has 3 aromatic rings. The molecule has 0 atom stereocenters. The summed E-state index contributed by atoms with van der Waals surface area (Å²) in [7, 11) is 1.40. The Morgan fingerprint density at radius 1 is 1.17 bits per heavy atom. The van der Waals surface area contributed by atoms with Crippen LogP contribution in [0, 0.1) is 0 Å². The van der Waals surface area contributed by atoms with E-state index in [1.807, 2.05) is 36.4 Å². The Morgan fingerprint density at radius 3 is 2.71 bits per heavy atom. The lowest BCUT2D eigenvalue weighted by Gasteiger charge is -2.09. The largest absolute Gasteiger partial charge is 0.469 e. The van der Waals surface area contributed by atoms with Gasteiger partial charge in [-0.2, -0.15) is 0 Å². The number of nitrogen functional groups attached to an aromatic ring is 1. The van der Waals surface area contributed by atoms with E-state index in [1.54, 1.807) is 0 Å². The second kappa shape index (κ2) is 7.17. The zero-order chi connectivity index (χ0) is 16.9. The van der Waals surface area contributed by atoms with E-state index in [1.165, 1.54) is 12.7 Å². The first-order chi connectivity index (χ1) is 11.7. The predicted octanol–water partition coefficient (Wildman–Crippen LogP) is 2.97. The number of benzene rings is 2. The van der Waals surface area contributed by atoms with E-state index in [4.69, 9.17) is 10.5 Å². The minimum atomic E-state index is -0.226. The van der Waals surface area contributed by atoms with E-state index in [9.17, 15) is 4.79 Å².